The van der Waals surface area contributed by atoms with Gasteiger partial charge in [0.2, 0.25) is 11.8 Å². The van der Waals surface area contributed by atoms with Gasteiger partial charge >= 0.3 is 0 Å². The molecule has 2 N–H and O–H groups in total. The quantitative estimate of drug-likeness (QED) is 0.816. The second-order valence-corrected chi connectivity index (χ2v) is 3.24. The van der Waals surface area contributed by atoms with E-state index in [0.29, 0.717) is 11.5 Å². The van der Waals surface area contributed by atoms with Crippen molar-refractivity contribution in [3.05, 3.63) is 36.0 Å². The summed E-state index contributed by atoms with van der Waals surface area (Å²) in [6, 6.07) is 5.65. The predicted molar refractivity (Wildman–Crippen MR) is 52.3 cm³/mol. The lowest BCUT2D eigenvalue weighted by atomic mass is 10.2. The molecular formula is C10H10FN3O. The molecule has 2 aromatic rings. The number of hydrogen-bond acceptors (Lipinski definition) is 4. The molecule has 0 saturated heterocycles. The molecule has 2 rings (SSSR count). The molecule has 5 heteroatoms. The van der Waals surface area contributed by atoms with E-state index in [2.05, 4.69) is 10.2 Å². The van der Waals surface area contributed by atoms with Gasteiger partial charge in [-0.05, 0) is 25.1 Å². The van der Waals surface area contributed by atoms with Crippen molar-refractivity contribution < 1.29 is 8.81 Å². The number of rotatable bonds is 2. The molecule has 0 amide bonds. The molecular weight excluding hydrogens is 197 g/mol. The van der Waals surface area contributed by atoms with E-state index in [0.717, 1.165) is 0 Å². The molecule has 0 aliphatic carbocycles. The van der Waals surface area contributed by atoms with Crippen molar-refractivity contribution in [1.29, 1.82) is 0 Å². The van der Waals surface area contributed by atoms with Crippen LogP contribution in [0, 0.1) is 5.82 Å². The highest BCUT2D eigenvalue weighted by atomic mass is 19.1. The smallest absolute Gasteiger partial charge is 0.247 e. The standard InChI is InChI=1S/C10H10FN3O/c1-6(12)9-13-14-10(15-9)7-3-2-4-8(11)5-7/h2-6H,12H2,1H3. The zero-order valence-corrected chi connectivity index (χ0v) is 8.14. The molecule has 1 atom stereocenters. The molecule has 1 aromatic carbocycles. The summed E-state index contributed by atoms with van der Waals surface area (Å²) in [5.74, 6) is 0.282. The van der Waals surface area contributed by atoms with Crippen LogP contribution in [0.2, 0.25) is 0 Å². The van der Waals surface area contributed by atoms with Crippen LogP contribution in [0.3, 0.4) is 0 Å². The largest absolute Gasteiger partial charge is 0.419 e. The van der Waals surface area contributed by atoms with E-state index in [-0.39, 0.29) is 17.7 Å². The van der Waals surface area contributed by atoms with E-state index >= 15 is 0 Å². The monoisotopic (exact) mass is 207 g/mol. The van der Waals surface area contributed by atoms with Crippen LogP contribution in [0.4, 0.5) is 4.39 Å². The minimum atomic E-state index is -0.340. The first-order valence-electron chi connectivity index (χ1n) is 4.52. The first-order chi connectivity index (χ1) is 7.16. The molecule has 0 fully saturated rings. The van der Waals surface area contributed by atoms with E-state index in [4.69, 9.17) is 10.2 Å². The van der Waals surface area contributed by atoms with Crippen LogP contribution in [0.25, 0.3) is 11.5 Å². The Labute approximate surface area is 85.9 Å². The number of benzene rings is 1. The third-order valence-corrected chi connectivity index (χ3v) is 1.90. The second-order valence-electron chi connectivity index (χ2n) is 3.24. The van der Waals surface area contributed by atoms with Gasteiger partial charge in [-0.25, -0.2) is 4.39 Å². The fourth-order valence-electron chi connectivity index (χ4n) is 1.16. The van der Waals surface area contributed by atoms with Crippen LogP contribution >= 0.6 is 0 Å². The molecule has 4 nitrogen and oxygen atoms in total. The lowest BCUT2D eigenvalue weighted by Crippen LogP contribution is -2.04. The maximum absolute atomic E-state index is 12.9. The maximum Gasteiger partial charge on any atom is 0.247 e. The maximum atomic E-state index is 12.9. The summed E-state index contributed by atoms with van der Waals surface area (Å²) >= 11 is 0. The molecule has 78 valence electrons. The van der Waals surface area contributed by atoms with Gasteiger partial charge in [0.05, 0.1) is 6.04 Å². The molecule has 0 spiro atoms. The number of nitrogens with two attached hydrogens (primary N) is 1. The van der Waals surface area contributed by atoms with Crippen LogP contribution in [0.1, 0.15) is 18.9 Å². The van der Waals surface area contributed by atoms with Gasteiger partial charge in [0, 0.05) is 5.56 Å². The van der Waals surface area contributed by atoms with Gasteiger partial charge in [0.1, 0.15) is 5.82 Å². The van der Waals surface area contributed by atoms with Crippen molar-refractivity contribution in [2.45, 2.75) is 13.0 Å². The number of nitrogens with zero attached hydrogens (tertiary/aromatic N) is 2. The molecule has 15 heavy (non-hydrogen) atoms. The average Bonchev–Trinajstić information content (AvgIpc) is 2.66. The lowest BCUT2D eigenvalue weighted by molar-refractivity contribution is 0.473. The van der Waals surface area contributed by atoms with Crippen LogP contribution < -0.4 is 5.73 Å². The summed E-state index contributed by atoms with van der Waals surface area (Å²) in [6.07, 6.45) is 0. The Morgan fingerprint density at radius 3 is 2.80 bits per heavy atom. The van der Waals surface area contributed by atoms with Crippen LogP contribution in [0.5, 0.6) is 0 Å². The Bertz CT molecular complexity index is 467. The minimum Gasteiger partial charge on any atom is -0.419 e. The Kier molecular flexibility index (Phi) is 2.47. The number of aromatic nitrogens is 2. The normalized spacial score (nSPS) is 12.7. The molecule has 1 heterocycles. The highest BCUT2D eigenvalue weighted by Crippen LogP contribution is 2.20. The van der Waals surface area contributed by atoms with Crippen molar-refractivity contribution >= 4 is 0 Å². The summed E-state index contributed by atoms with van der Waals surface area (Å²) in [5.41, 5.74) is 6.12. The lowest BCUT2D eigenvalue weighted by Gasteiger charge is -1.96. The van der Waals surface area contributed by atoms with Crippen molar-refractivity contribution in [3.63, 3.8) is 0 Å². The van der Waals surface area contributed by atoms with E-state index in [1.54, 1.807) is 19.1 Å². The van der Waals surface area contributed by atoms with Crippen molar-refractivity contribution in [2.24, 2.45) is 5.73 Å². The number of hydrogen-bond donors (Lipinski definition) is 1. The van der Waals surface area contributed by atoms with Crippen LogP contribution in [-0.2, 0) is 0 Å². The zero-order chi connectivity index (χ0) is 10.8. The van der Waals surface area contributed by atoms with Gasteiger partial charge in [-0.15, -0.1) is 10.2 Å². The summed E-state index contributed by atoms with van der Waals surface area (Å²) in [4.78, 5) is 0. The Morgan fingerprint density at radius 2 is 2.20 bits per heavy atom. The van der Waals surface area contributed by atoms with Gasteiger partial charge in [0.25, 0.3) is 0 Å². The van der Waals surface area contributed by atoms with Gasteiger partial charge in [-0.2, -0.15) is 0 Å². The molecule has 0 bridgehead atoms. The van der Waals surface area contributed by atoms with E-state index in [9.17, 15) is 4.39 Å². The topological polar surface area (TPSA) is 64.9 Å². The third-order valence-electron chi connectivity index (χ3n) is 1.90. The first kappa shape index (κ1) is 9.79. The Hall–Kier alpha value is -1.75. The zero-order valence-electron chi connectivity index (χ0n) is 8.14. The molecule has 0 aliphatic rings. The molecule has 0 radical (unpaired) electrons. The van der Waals surface area contributed by atoms with E-state index < -0.39 is 0 Å². The third kappa shape index (κ3) is 2.02. The number of halogens is 1. The molecule has 1 aromatic heterocycles. The van der Waals surface area contributed by atoms with E-state index in [1.807, 2.05) is 0 Å². The minimum absolute atomic E-state index is 0.279. The summed E-state index contributed by atoms with van der Waals surface area (Å²) in [6.45, 7) is 1.74. The Balaban J connectivity index is 2.37. The van der Waals surface area contributed by atoms with Crippen LogP contribution in [-0.4, -0.2) is 10.2 Å². The summed E-state index contributed by atoms with van der Waals surface area (Å²) < 4.78 is 18.2. The summed E-state index contributed by atoms with van der Waals surface area (Å²) in [7, 11) is 0. The van der Waals surface area contributed by atoms with Crippen molar-refractivity contribution in [1.82, 2.24) is 10.2 Å². The van der Waals surface area contributed by atoms with Crippen LogP contribution in [0.15, 0.2) is 28.7 Å². The van der Waals surface area contributed by atoms with Gasteiger partial charge in [-0.3, -0.25) is 0 Å². The van der Waals surface area contributed by atoms with Gasteiger partial charge in [0.15, 0.2) is 0 Å². The molecule has 1 unspecified atom stereocenters. The highest BCUT2D eigenvalue weighted by molar-refractivity contribution is 5.52. The molecule has 0 aliphatic heterocycles. The predicted octanol–water partition coefficient (Wildman–Crippen LogP) is 1.90. The van der Waals surface area contributed by atoms with Gasteiger partial charge < -0.3 is 10.2 Å². The fourth-order valence-corrected chi connectivity index (χ4v) is 1.16. The van der Waals surface area contributed by atoms with Gasteiger partial charge in [-0.1, -0.05) is 6.07 Å². The molecule has 0 saturated carbocycles. The Morgan fingerprint density at radius 1 is 1.40 bits per heavy atom. The van der Waals surface area contributed by atoms with E-state index in [1.165, 1.54) is 12.1 Å². The average molecular weight is 207 g/mol. The SMILES string of the molecule is CC(N)c1nnc(-c2cccc(F)c2)o1. The van der Waals surface area contributed by atoms with Crippen molar-refractivity contribution in [3.8, 4) is 11.5 Å². The first-order valence-corrected chi connectivity index (χ1v) is 4.52. The summed E-state index contributed by atoms with van der Waals surface area (Å²) in [5, 5.41) is 7.54. The second kappa shape index (κ2) is 3.78. The highest BCUT2D eigenvalue weighted by Gasteiger charge is 2.11. The van der Waals surface area contributed by atoms with Crippen molar-refractivity contribution in [2.75, 3.05) is 0 Å². The fraction of sp³-hybridized carbons (Fsp3) is 0.200.